The fourth-order valence-electron chi connectivity index (χ4n) is 3.39. The third kappa shape index (κ3) is 4.56. The van der Waals surface area contributed by atoms with E-state index < -0.39 is 25.0 Å². The van der Waals surface area contributed by atoms with Gasteiger partial charge in [-0.2, -0.15) is 8.61 Å². The van der Waals surface area contributed by atoms with Crippen molar-refractivity contribution in [3.63, 3.8) is 0 Å². The van der Waals surface area contributed by atoms with Crippen LogP contribution in [0.2, 0.25) is 0 Å². The van der Waals surface area contributed by atoms with Gasteiger partial charge in [0.2, 0.25) is 20.0 Å². The molecule has 0 atom stereocenters. The van der Waals surface area contributed by atoms with E-state index in [0.717, 1.165) is 4.31 Å². The van der Waals surface area contributed by atoms with Crippen LogP contribution in [0.4, 0.5) is 5.69 Å². The first kappa shape index (κ1) is 23.1. The summed E-state index contributed by atoms with van der Waals surface area (Å²) in [7, 11) is -7.79. The zero-order chi connectivity index (χ0) is 22.8. The summed E-state index contributed by atoms with van der Waals surface area (Å²) in [5.74, 6) is 0.560. The van der Waals surface area contributed by atoms with Gasteiger partial charge < -0.3 is 4.74 Å². The number of ether oxygens (including phenoxy) is 1. The number of nitro benzene ring substituents is 1. The van der Waals surface area contributed by atoms with Gasteiger partial charge in [0.1, 0.15) is 5.75 Å². The first-order valence-corrected chi connectivity index (χ1v) is 12.4. The second kappa shape index (κ2) is 8.91. The molecule has 10 nitrogen and oxygen atoms in total. The number of benzene rings is 2. The molecular formula is C19H23N3O7S2. The molecule has 2 aromatic carbocycles. The van der Waals surface area contributed by atoms with Gasteiger partial charge in [-0.05, 0) is 44.2 Å². The van der Waals surface area contributed by atoms with Crippen molar-refractivity contribution in [2.45, 2.75) is 23.6 Å². The highest BCUT2D eigenvalue weighted by Crippen LogP contribution is 2.28. The molecule has 1 heterocycles. The summed E-state index contributed by atoms with van der Waals surface area (Å²) in [6, 6.07) is 9.94. The molecule has 0 aromatic heterocycles. The van der Waals surface area contributed by atoms with Gasteiger partial charge in [0, 0.05) is 37.8 Å². The Labute approximate surface area is 181 Å². The van der Waals surface area contributed by atoms with Gasteiger partial charge in [0.25, 0.3) is 5.69 Å². The van der Waals surface area contributed by atoms with Crippen LogP contribution in [0.25, 0.3) is 0 Å². The molecule has 0 amide bonds. The molecule has 12 heteroatoms. The Morgan fingerprint density at radius 3 is 2.00 bits per heavy atom. The van der Waals surface area contributed by atoms with Gasteiger partial charge >= 0.3 is 0 Å². The van der Waals surface area contributed by atoms with Crippen LogP contribution >= 0.6 is 0 Å². The minimum absolute atomic E-state index is 0.0251. The first-order valence-electron chi connectivity index (χ1n) is 9.56. The van der Waals surface area contributed by atoms with Gasteiger partial charge in [-0.3, -0.25) is 10.1 Å². The summed E-state index contributed by atoms with van der Waals surface area (Å²) in [5, 5.41) is 11.1. The summed E-state index contributed by atoms with van der Waals surface area (Å²) in [6.45, 7) is 3.52. The molecule has 168 valence electrons. The molecule has 0 spiro atoms. The van der Waals surface area contributed by atoms with Crippen LogP contribution in [0.15, 0.2) is 52.3 Å². The summed E-state index contributed by atoms with van der Waals surface area (Å²) in [4.78, 5) is 10.5. The highest BCUT2D eigenvalue weighted by atomic mass is 32.2. The van der Waals surface area contributed by atoms with E-state index in [-0.39, 0.29) is 47.2 Å². The standard InChI is InChI=1S/C19H23N3O7S2/c1-3-29-16-7-9-17(10-8-16)30(25,26)20-11-13-21(14-12-20)31(27,28)19-6-4-5-18(15(19)2)22(23)24/h4-10H,3,11-14H2,1-2H3. The van der Waals surface area contributed by atoms with E-state index in [2.05, 4.69) is 0 Å². The molecule has 0 N–H and O–H groups in total. The predicted octanol–water partition coefficient (Wildman–Crippen LogP) is 2.00. The van der Waals surface area contributed by atoms with E-state index in [9.17, 15) is 26.9 Å². The third-order valence-electron chi connectivity index (χ3n) is 5.04. The topological polar surface area (TPSA) is 127 Å². The van der Waals surface area contributed by atoms with Crippen molar-refractivity contribution in [2.75, 3.05) is 32.8 Å². The quantitative estimate of drug-likeness (QED) is 0.448. The Morgan fingerprint density at radius 1 is 0.935 bits per heavy atom. The number of rotatable bonds is 7. The van der Waals surface area contributed by atoms with Crippen LogP contribution in [0.1, 0.15) is 12.5 Å². The van der Waals surface area contributed by atoms with Crippen molar-refractivity contribution in [3.8, 4) is 5.75 Å². The van der Waals surface area contributed by atoms with Gasteiger partial charge in [-0.25, -0.2) is 16.8 Å². The summed E-state index contributed by atoms with van der Waals surface area (Å²) < 4.78 is 59.6. The lowest BCUT2D eigenvalue weighted by atomic mass is 10.2. The lowest BCUT2D eigenvalue weighted by molar-refractivity contribution is -0.385. The van der Waals surface area contributed by atoms with Crippen LogP contribution in [-0.4, -0.2) is 63.2 Å². The Morgan fingerprint density at radius 2 is 1.48 bits per heavy atom. The number of piperazine rings is 1. The number of hydrogen-bond donors (Lipinski definition) is 0. The SMILES string of the molecule is CCOc1ccc(S(=O)(=O)N2CCN(S(=O)(=O)c3cccc([N+](=O)[O-])c3C)CC2)cc1. The lowest BCUT2D eigenvalue weighted by Crippen LogP contribution is -2.50. The number of hydrogen-bond acceptors (Lipinski definition) is 7. The molecule has 1 aliphatic rings. The van der Waals surface area contributed by atoms with E-state index in [4.69, 9.17) is 4.74 Å². The largest absolute Gasteiger partial charge is 0.494 e. The van der Waals surface area contributed by atoms with Gasteiger partial charge in [-0.15, -0.1) is 0 Å². The average molecular weight is 470 g/mol. The van der Waals surface area contributed by atoms with E-state index in [1.165, 1.54) is 41.6 Å². The minimum Gasteiger partial charge on any atom is -0.494 e. The fourth-order valence-corrected chi connectivity index (χ4v) is 6.48. The Hall–Kier alpha value is -2.54. The third-order valence-corrected chi connectivity index (χ3v) is 9.00. The monoisotopic (exact) mass is 469 g/mol. The van der Waals surface area contributed by atoms with E-state index in [1.807, 2.05) is 6.92 Å². The predicted molar refractivity (Wildman–Crippen MR) is 113 cm³/mol. The van der Waals surface area contributed by atoms with Crippen molar-refractivity contribution >= 4 is 25.7 Å². The zero-order valence-corrected chi connectivity index (χ0v) is 18.7. The molecule has 1 saturated heterocycles. The van der Waals surface area contributed by atoms with Crippen LogP contribution in [0.5, 0.6) is 5.75 Å². The highest BCUT2D eigenvalue weighted by molar-refractivity contribution is 7.89. The first-order chi connectivity index (χ1) is 14.6. The second-order valence-corrected chi connectivity index (χ2v) is 10.7. The van der Waals surface area contributed by atoms with E-state index >= 15 is 0 Å². The average Bonchev–Trinajstić information content (AvgIpc) is 2.74. The zero-order valence-electron chi connectivity index (χ0n) is 17.1. The fraction of sp³-hybridized carbons (Fsp3) is 0.368. The molecule has 1 fully saturated rings. The Balaban J connectivity index is 1.77. The molecule has 3 rings (SSSR count). The molecule has 1 aliphatic heterocycles. The maximum absolute atomic E-state index is 13.0. The molecule has 31 heavy (non-hydrogen) atoms. The lowest BCUT2D eigenvalue weighted by Gasteiger charge is -2.33. The summed E-state index contributed by atoms with van der Waals surface area (Å²) in [5.41, 5.74) is -0.227. The van der Waals surface area contributed by atoms with Gasteiger partial charge in [-0.1, -0.05) is 6.07 Å². The Kier molecular flexibility index (Phi) is 6.65. The normalized spacial score (nSPS) is 16.2. The van der Waals surface area contributed by atoms with Crippen LogP contribution in [-0.2, 0) is 20.0 Å². The van der Waals surface area contributed by atoms with Crippen molar-refractivity contribution in [2.24, 2.45) is 0 Å². The van der Waals surface area contributed by atoms with E-state index in [0.29, 0.717) is 12.4 Å². The number of nitro groups is 1. The summed E-state index contributed by atoms with van der Waals surface area (Å²) >= 11 is 0. The van der Waals surface area contributed by atoms with Crippen molar-refractivity contribution in [3.05, 3.63) is 58.1 Å². The molecule has 0 radical (unpaired) electrons. The van der Waals surface area contributed by atoms with E-state index in [1.54, 1.807) is 12.1 Å². The van der Waals surface area contributed by atoms with Gasteiger partial charge in [0.15, 0.2) is 0 Å². The molecule has 0 unspecified atom stereocenters. The molecule has 0 aliphatic carbocycles. The molecule has 0 bridgehead atoms. The van der Waals surface area contributed by atoms with Crippen LogP contribution in [0.3, 0.4) is 0 Å². The highest BCUT2D eigenvalue weighted by Gasteiger charge is 2.35. The van der Waals surface area contributed by atoms with Crippen molar-refractivity contribution < 1.29 is 26.5 Å². The summed E-state index contributed by atoms with van der Waals surface area (Å²) in [6.07, 6.45) is 0. The van der Waals surface area contributed by atoms with Gasteiger partial charge in [0.05, 0.1) is 21.3 Å². The number of nitrogens with zero attached hydrogens (tertiary/aromatic N) is 3. The maximum atomic E-state index is 13.0. The smallest absolute Gasteiger partial charge is 0.273 e. The van der Waals surface area contributed by atoms with Crippen molar-refractivity contribution in [1.82, 2.24) is 8.61 Å². The number of sulfonamides is 2. The molecular weight excluding hydrogens is 446 g/mol. The Bertz CT molecular complexity index is 1170. The van der Waals surface area contributed by atoms with Crippen molar-refractivity contribution in [1.29, 1.82) is 0 Å². The molecule has 0 saturated carbocycles. The van der Waals surface area contributed by atoms with Crippen LogP contribution in [0, 0.1) is 17.0 Å². The second-order valence-electron chi connectivity index (χ2n) is 6.87. The molecule has 2 aromatic rings. The maximum Gasteiger partial charge on any atom is 0.273 e. The van der Waals surface area contributed by atoms with Crippen LogP contribution < -0.4 is 4.74 Å². The minimum atomic E-state index is -4.00.